The van der Waals surface area contributed by atoms with Crippen molar-refractivity contribution in [3.8, 4) is 0 Å². The molecule has 1 aromatic rings. The van der Waals surface area contributed by atoms with Crippen LogP contribution in [0, 0.1) is 0 Å². The van der Waals surface area contributed by atoms with Gasteiger partial charge in [-0.1, -0.05) is 0 Å². The van der Waals surface area contributed by atoms with Crippen molar-refractivity contribution in [3.05, 3.63) is 18.2 Å². The summed E-state index contributed by atoms with van der Waals surface area (Å²) in [7, 11) is -0.505. The Morgan fingerprint density at radius 2 is 2.05 bits per heavy atom. The van der Waals surface area contributed by atoms with E-state index in [0.29, 0.717) is 5.69 Å². The van der Waals surface area contributed by atoms with E-state index < -0.39 is 10.0 Å². The first kappa shape index (κ1) is 14.3. The van der Waals surface area contributed by atoms with Gasteiger partial charge in [0, 0.05) is 20.6 Å². The molecular weight excluding hydrogens is 290 g/mol. The molecule has 0 saturated carbocycles. The number of benzene rings is 1. The van der Waals surface area contributed by atoms with Crippen molar-refractivity contribution < 1.29 is 13.2 Å². The Hall–Kier alpha value is -1.60. The number of hydrogen-bond acceptors (Lipinski definition) is 4. The summed E-state index contributed by atoms with van der Waals surface area (Å²) in [4.78, 5) is 14.5. The largest absolute Gasteiger partial charge is 0.358 e. The Morgan fingerprint density at radius 3 is 2.76 bits per heavy atom. The first-order chi connectivity index (χ1) is 9.91. The third-order valence-corrected chi connectivity index (χ3v) is 5.93. The first-order valence-electron chi connectivity index (χ1n) is 7.05. The van der Waals surface area contributed by atoms with E-state index in [1.165, 1.54) is 18.4 Å². The fourth-order valence-electron chi connectivity index (χ4n) is 2.95. The van der Waals surface area contributed by atoms with Crippen LogP contribution in [-0.4, -0.2) is 45.3 Å². The molecule has 2 aliphatic rings. The molecule has 3 rings (SSSR count). The fourth-order valence-corrected chi connectivity index (χ4v) is 3.87. The molecular formula is C14H19N3O3S. The van der Waals surface area contributed by atoms with E-state index in [9.17, 15) is 13.2 Å². The van der Waals surface area contributed by atoms with Crippen molar-refractivity contribution in [3.63, 3.8) is 0 Å². The summed E-state index contributed by atoms with van der Waals surface area (Å²) in [6.45, 7) is 0.838. The number of hydrogen-bond donors (Lipinski definition) is 1. The van der Waals surface area contributed by atoms with E-state index in [1.54, 1.807) is 18.2 Å². The predicted octanol–water partition coefficient (Wildman–Crippen LogP) is 1.25. The Balaban J connectivity index is 2.05. The van der Waals surface area contributed by atoms with Crippen LogP contribution in [-0.2, 0) is 14.8 Å². The second kappa shape index (κ2) is 4.99. The minimum atomic E-state index is -3.49. The Bertz CT molecular complexity index is 685. The highest BCUT2D eigenvalue weighted by Gasteiger charge is 2.35. The molecule has 0 spiro atoms. The third kappa shape index (κ3) is 2.30. The van der Waals surface area contributed by atoms with Crippen molar-refractivity contribution in [2.45, 2.75) is 30.2 Å². The second-order valence-electron chi connectivity index (χ2n) is 5.66. The van der Waals surface area contributed by atoms with Gasteiger partial charge < -0.3 is 10.2 Å². The number of fused-ring (bicyclic) bond motifs is 3. The highest BCUT2D eigenvalue weighted by Crippen LogP contribution is 2.37. The average Bonchev–Trinajstić information content (AvgIpc) is 2.47. The molecule has 0 bridgehead atoms. The van der Waals surface area contributed by atoms with Crippen LogP contribution in [0.5, 0.6) is 0 Å². The summed E-state index contributed by atoms with van der Waals surface area (Å²) >= 11 is 0. The van der Waals surface area contributed by atoms with Gasteiger partial charge >= 0.3 is 0 Å². The van der Waals surface area contributed by atoms with Crippen molar-refractivity contribution in [2.75, 3.05) is 30.9 Å². The van der Waals surface area contributed by atoms with Crippen LogP contribution in [0.25, 0.3) is 0 Å². The quantitative estimate of drug-likeness (QED) is 0.892. The van der Waals surface area contributed by atoms with Crippen LogP contribution >= 0.6 is 0 Å². The minimum absolute atomic E-state index is 0.0402. The molecule has 1 atom stereocenters. The zero-order valence-electron chi connectivity index (χ0n) is 12.2. The standard InChI is InChI=1S/C14H19N3O3S/c1-16(2)21(19,20)10-6-7-12-11(9-10)15-14(18)13-5-3-4-8-17(12)13/h6-7,9,13H,3-5,8H2,1-2H3,(H,15,18). The molecule has 0 aromatic heterocycles. The van der Waals surface area contributed by atoms with Gasteiger partial charge in [0.25, 0.3) is 0 Å². The maximum atomic E-state index is 12.2. The number of carbonyl (C=O) groups is 1. The zero-order valence-corrected chi connectivity index (χ0v) is 13.0. The van der Waals surface area contributed by atoms with E-state index in [1.807, 2.05) is 0 Å². The van der Waals surface area contributed by atoms with Crippen molar-refractivity contribution >= 4 is 27.3 Å². The molecule has 21 heavy (non-hydrogen) atoms. The highest BCUT2D eigenvalue weighted by atomic mass is 32.2. The van der Waals surface area contributed by atoms with Crippen LogP contribution in [0.2, 0.25) is 0 Å². The van der Waals surface area contributed by atoms with E-state index in [0.717, 1.165) is 31.5 Å². The van der Waals surface area contributed by atoms with Crippen LogP contribution in [0.15, 0.2) is 23.1 Å². The maximum Gasteiger partial charge on any atom is 0.247 e. The summed E-state index contributed by atoms with van der Waals surface area (Å²) in [5.41, 5.74) is 1.50. The second-order valence-corrected chi connectivity index (χ2v) is 7.81. The lowest BCUT2D eigenvalue weighted by molar-refractivity contribution is -0.118. The van der Waals surface area contributed by atoms with Crippen molar-refractivity contribution in [2.24, 2.45) is 0 Å². The lowest BCUT2D eigenvalue weighted by Crippen LogP contribution is -2.50. The van der Waals surface area contributed by atoms with Gasteiger partial charge in [-0.15, -0.1) is 0 Å². The van der Waals surface area contributed by atoms with Crippen molar-refractivity contribution in [1.29, 1.82) is 0 Å². The summed E-state index contributed by atoms with van der Waals surface area (Å²) in [5, 5.41) is 2.85. The van der Waals surface area contributed by atoms with Gasteiger partial charge in [0.15, 0.2) is 0 Å². The number of nitrogens with one attached hydrogen (secondary N) is 1. The van der Waals surface area contributed by atoms with Crippen molar-refractivity contribution in [1.82, 2.24) is 4.31 Å². The lowest BCUT2D eigenvalue weighted by Gasteiger charge is -2.41. The number of sulfonamides is 1. The number of nitrogens with zero attached hydrogens (tertiary/aromatic N) is 2. The first-order valence-corrected chi connectivity index (χ1v) is 8.49. The number of anilines is 2. The normalized spacial score (nSPS) is 21.8. The molecule has 0 radical (unpaired) electrons. The molecule has 6 nitrogen and oxygen atoms in total. The van der Waals surface area contributed by atoms with Gasteiger partial charge in [0.05, 0.1) is 16.3 Å². The topological polar surface area (TPSA) is 69.7 Å². The molecule has 1 unspecified atom stereocenters. The zero-order chi connectivity index (χ0) is 15.2. The highest BCUT2D eigenvalue weighted by molar-refractivity contribution is 7.89. The van der Waals surface area contributed by atoms with Gasteiger partial charge in [-0.3, -0.25) is 4.79 Å². The Labute approximate surface area is 124 Å². The molecule has 0 aliphatic carbocycles. The van der Waals surface area contributed by atoms with Gasteiger partial charge in [-0.05, 0) is 37.5 Å². The number of amides is 1. The van der Waals surface area contributed by atoms with Gasteiger partial charge in [-0.2, -0.15) is 0 Å². The summed E-state index contributed by atoms with van der Waals surface area (Å²) < 4.78 is 25.5. The minimum Gasteiger partial charge on any atom is -0.358 e. The fraction of sp³-hybridized carbons (Fsp3) is 0.500. The average molecular weight is 309 g/mol. The summed E-state index contributed by atoms with van der Waals surface area (Å²) in [5.74, 6) is -0.0402. The molecule has 7 heteroatoms. The van der Waals surface area contributed by atoms with Crippen LogP contribution < -0.4 is 10.2 Å². The maximum absolute atomic E-state index is 12.2. The predicted molar refractivity (Wildman–Crippen MR) is 80.9 cm³/mol. The third-order valence-electron chi connectivity index (χ3n) is 4.12. The molecule has 1 N–H and O–H groups in total. The Kier molecular flexibility index (Phi) is 3.41. The summed E-state index contributed by atoms with van der Waals surface area (Å²) in [6.07, 6.45) is 2.96. The van der Waals surface area contributed by atoms with Gasteiger partial charge in [-0.25, -0.2) is 12.7 Å². The Morgan fingerprint density at radius 1 is 1.29 bits per heavy atom. The molecule has 1 fully saturated rings. The SMILES string of the molecule is CN(C)S(=O)(=O)c1ccc2c(c1)NC(=O)C1CCCCN21. The molecule has 114 valence electrons. The smallest absolute Gasteiger partial charge is 0.247 e. The number of piperidine rings is 1. The van der Waals surface area contributed by atoms with E-state index in [-0.39, 0.29) is 16.8 Å². The van der Waals surface area contributed by atoms with Crippen LogP contribution in [0.1, 0.15) is 19.3 Å². The molecule has 1 saturated heterocycles. The van der Waals surface area contributed by atoms with Crippen LogP contribution in [0.4, 0.5) is 11.4 Å². The van der Waals surface area contributed by atoms with Crippen LogP contribution in [0.3, 0.4) is 0 Å². The van der Waals surface area contributed by atoms with E-state index in [2.05, 4.69) is 10.2 Å². The van der Waals surface area contributed by atoms with Gasteiger partial charge in [0.2, 0.25) is 15.9 Å². The van der Waals surface area contributed by atoms with E-state index in [4.69, 9.17) is 0 Å². The number of rotatable bonds is 2. The monoisotopic (exact) mass is 309 g/mol. The molecule has 2 aliphatic heterocycles. The number of carbonyl (C=O) groups excluding carboxylic acids is 1. The molecule has 1 aromatic carbocycles. The molecule has 1 amide bonds. The summed E-state index contributed by atoms with van der Waals surface area (Å²) in [6, 6.07) is 4.83. The van der Waals surface area contributed by atoms with Gasteiger partial charge in [0.1, 0.15) is 6.04 Å². The molecule has 2 heterocycles. The van der Waals surface area contributed by atoms with E-state index >= 15 is 0 Å². The lowest BCUT2D eigenvalue weighted by atomic mass is 9.97.